The second-order valence-corrected chi connectivity index (χ2v) is 5.04. The van der Waals surface area contributed by atoms with E-state index in [0.717, 1.165) is 36.4 Å². The fraction of sp³-hybridized carbons (Fsp3) is 0.357. The molecular weight excluding hydrogens is 274 g/mol. The predicted molar refractivity (Wildman–Crippen MR) is 78.9 cm³/mol. The van der Waals surface area contributed by atoms with Gasteiger partial charge in [0, 0.05) is 50.4 Å². The summed E-state index contributed by atoms with van der Waals surface area (Å²) >= 11 is 5.87. The third kappa shape index (κ3) is 2.41. The molecule has 0 spiro atoms. The Morgan fingerprint density at radius 1 is 1.20 bits per heavy atom. The lowest BCUT2D eigenvalue weighted by Gasteiger charge is -2.08. The maximum absolute atomic E-state index is 5.87. The van der Waals surface area contributed by atoms with Gasteiger partial charge in [0.15, 0.2) is 5.65 Å². The van der Waals surface area contributed by atoms with Crippen LogP contribution in [0.4, 0.5) is 0 Å². The van der Waals surface area contributed by atoms with E-state index in [9.17, 15) is 0 Å². The molecule has 0 aromatic carbocycles. The smallest absolute Gasteiger partial charge is 0.159 e. The third-order valence-electron chi connectivity index (χ3n) is 3.41. The first-order valence-corrected chi connectivity index (χ1v) is 7.16. The van der Waals surface area contributed by atoms with E-state index in [2.05, 4.69) is 19.6 Å². The summed E-state index contributed by atoms with van der Waals surface area (Å²) in [4.78, 5) is 9.06. The highest BCUT2D eigenvalue weighted by Gasteiger charge is 2.11. The Hall–Kier alpha value is -1.88. The third-order valence-corrected chi connectivity index (χ3v) is 3.60. The van der Waals surface area contributed by atoms with Crippen molar-refractivity contribution >= 4 is 22.8 Å². The summed E-state index contributed by atoms with van der Waals surface area (Å²) in [5.41, 5.74) is 3.05. The molecule has 3 aromatic heterocycles. The SMILES string of the molecule is Cn1nccc1CCn1c(CCCl)nc2cccnc21. The van der Waals surface area contributed by atoms with Crippen LogP contribution in [0.3, 0.4) is 0 Å². The standard InChI is InChI=1S/C14H16ClN5/c1-19-11(5-9-17-19)6-10-20-13(4-7-15)18-12-3-2-8-16-14(12)20/h2-3,5,8-9H,4,6-7,10H2,1H3. The Bertz CT molecular complexity index is 715. The van der Waals surface area contributed by atoms with Gasteiger partial charge >= 0.3 is 0 Å². The number of fused-ring (bicyclic) bond motifs is 1. The quantitative estimate of drug-likeness (QED) is 0.677. The molecule has 0 amide bonds. The zero-order valence-corrected chi connectivity index (χ0v) is 12.1. The van der Waals surface area contributed by atoms with E-state index < -0.39 is 0 Å². The molecule has 20 heavy (non-hydrogen) atoms. The summed E-state index contributed by atoms with van der Waals surface area (Å²) in [6.45, 7) is 0.833. The van der Waals surface area contributed by atoms with Crippen molar-refractivity contribution in [2.75, 3.05) is 5.88 Å². The lowest BCUT2D eigenvalue weighted by molar-refractivity contribution is 0.625. The minimum Gasteiger partial charge on any atom is -0.312 e. The van der Waals surface area contributed by atoms with Crippen LogP contribution in [0, 0.1) is 0 Å². The number of hydrogen-bond donors (Lipinski definition) is 0. The average molecular weight is 290 g/mol. The first-order chi connectivity index (χ1) is 9.79. The Balaban J connectivity index is 1.92. The monoisotopic (exact) mass is 289 g/mol. The fourth-order valence-electron chi connectivity index (χ4n) is 2.39. The largest absolute Gasteiger partial charge is 0.312 e. The van der Waals surface area contributed by atoms with Gasteiger partial charge in [0.25, 0.3) is 0 Å². The molecule has 0 saturated heterocycles. The molecule has 0 unspecified atom stereocenters. The number of nitrogens with zero attached hydrogens (tertiary/aromatic N) is 5. The molecule has 0 N–H and O–H groups in total. The molecule has 3 aromatic rings. The van der Waals surface area contributed by atoms with Crippen LogP contribution in [0.15, 0.2) is 30.6 Å². The number of alkyl halides is 1. The van der Waals surface area contributed by atoms with Gasteiger partial charge in [-0.1, -0.05) is 0 Å². The molecule has 0 aliphatic carbocycles. The molecule has 6 heteroatoms. The Morgan fingerprint density at radius 3 is 2.85 bits per heavy atom. The number of aryl methyl sites for hydroxylation is 4. The highest BCUT2D eigenvalue weighted by molar-refractivity contribution is 6.17. The molecule has 0 fully saturated rings. The van der Waals surface area contributed by atoms with Crippen LogP contribution in [0.2, 0.25) is 0 Å². The Morgan fingerprint density at radius 2 is 2.10 bits per heavy atom. The first-order valence-electron chi connectivity index (χ1n) is 6.62. The molecule has 0 aliphatic rings. The second kappa shape index (κ2) is 5.63. The molecule has 0 radical (unpaired) electrons. The number of halogens is 1. The van der Waals surface area contributed by atoms with Gasteiger partial charge in [0.05, 0.1) is 0 Å². The molecule has 104 valence electrons. The lowest BCUT2D eigenvalue weighted by Crippen LogP contribution is -2.09. The van der Waals surface area contributed by atoms with E-state index in [1.807, 2.05) is 36.1 Å². The van der Waals surface area contributed by atoms with Gasteiger partial charge < -0.3 is 4.57 Å². The fourth-order valence-corrected chi connectivity index (χ4v) is 2.56. The van der Waals surface area contributed by atoms with Crippen LogP contribution in [0.25, 0.3) is 11.2 Å². The number of aromatic nitrogens is 5. The predicted octanol–water partition coefficient (Wildman–Crippen LogP) is 2.19. The van der Waals surface area contributed by atoms with Crippen molar-refractivity contribution in [1.29, 1.82) is 0 Å². The van der Waals surface area contributed by atoms with Gasteiger partial charge in [-0.15, -0.1) is 11.6 Å². The topological polar surface area (TPSA) is 48.5 Å². The van der Waals surface area contributed by atoms with Crippen molar-refractivity contribution in [3.05, 3.63) is 42.1 Å². The van der Waals surface area contributed by atoms with Crippen LogP contribution < -0.4 is 0 Å². The molecule has 0 aliphatic heterocycles. The van der Waals surface area contributed by atoms with Crippen molar-refractivity contribution in [2.45, 2.75) is 19.4 Å². The van der Waals surface area contributed by atoms with E-state index in [1.165, 1.54) is 5.69 Å². The van der Waals surface area contributed by atoms with Gasteiger partial charge in [-0.05, 0) is 18.2 Å². The first kappa shape index (κ1) is 13.1. The van der Waals surface area contributed by atoms with Gasteiger partial charge in [0.1, 0.15) is 11.3 Å². The molecular formula is C14H16ClN5. The van der Waals surface area contributed by atoms with Crippen molar-refractivity contribution in [3.63, 3.8) is 0 Å². The molecule has 3 heterocycles. The van der Waals surface area contributed by atoms with Gasteiger partial charge in [-0.3, -0.25) is 4.68 Å². The Kier molecular flexibility index (Phi) is 3.69. The molecule has 0 saturated carbocycles. The van der Waals surface area contributed by atoms with Crippen molar-refractivity contribution < 1.29 is 0 Å². The van der Waals surface area contributed by atoms with Crippen LogP contribution in [0.1, 0.15) is 11.5 Å². The number of imidazole rings is 1. The maximum Gasteiger partial charge on any atom is 0.159 e. The van der Waals surface area contributed by atoms with E-state index >= 15 is 0 Å². The number of pyridine rings is 1. The summed E-state index contributed by atoms with van der Waals surface area (Å²) in [5, 5.41) is 4.19. The van der Waals surface area contributed by atoms with Crippen molar-refractivity contribution in [1.82, 2.24) is 24.3 Å². The number of hydrogen-bond acceptors (Lipinski definition) is 3. The highest BCUT2D eigenvalue weighted by Crippen LogP contribution is 2.15. The van der Waals surface area contributed by atoms with E-state index in [4.69, 9.17) is 11.6 Å². The summed E-state index contributed by atoms with van der Waals surface area (Å²) < 4.78 is 4.05. The minimum absolute atomic E-state index is 0.565. The van der Waals surface area contributed by atoms with Gasteiger partial charge in [-0.2, -0.15) is 5.10 Å². The Labute approximate surface area is 122 Å². The van der Waals surface area contributed by atoms with E-state index in [-0.39, 0.29) is 0 Å². The summed E-state index contributed by atoms with van der Waals surface area (Å²) in [6.07, 6.45) is 5.27. The normalized spacial score (nSPS) is 11.3. The second-order valence-electron chi connectivity index (χ2n) is 4.66. The van der Waals surface area contributed by atoms with Gasteiger partial charge in [-0.25, -0.2) is 9.97 Å². The number of rotatable bonds is 5. The minimum atomic E-state index is 0.565. The lowest BCUT2D eigenvalue weighted by atomic mass is 10.3. The van der Waals surface area contributed by atoms with Crippen LogP contribution in [0.5, 0.6) is 0 Å². The molecule has 0 bridgehead atoms. The maximum atomic E-state index is 5.87. The zero-order valence-electron chi connectivity index (χ0n) is 11.3. The van der Waals surface area contributed by atoms with E-state index in [1.54, 1.807) is 6.20 Å². The van der Waals surface area contributed by atoms with Crippen LogP contribution in [-0.4, -0.2) is 30.2 Å². The molecule has 0 atom stereocenters. The average Bonchev–Trinajstić information content (AvgIpc) is 3.01. The van der Waals surface area contributed by atoms with Gasteiger partial charge in [0.2, 0.25) is 0 Å². The van der Waals surface area contributed by atoms with Crippen molar-refractivity contribution in [2.24, 2.45) is 7.05 Å². The van der Waals surface area contributed by atoms with Crippen molar-refractivity contribution in [3.8, 4) is 0 Å². The summed E-state index contributed by atoms with van der Waals surface area (Å²) in [7, 11) is 1.96. The molecule has 5 nitrogen and oxygen atoms in total. The zero-order chi connectivity index (χ0) is 13.9. The molecule has 3 rings (SSSR count). The summed E-state index contributed by atoms with van der Waals surface area (Å²) in [6, 6.07) is 5.93. The summed E-state index contributed by atoms with van der Waals surface area (Å²) in [5.74, 6) is 1.56. The van der Waals surface area contributed by atoms with E-state index in [0.29, 0.717) is 5.88 Å². The highest BCUT2D eigenvalue weighted by atomic mass is 35.5. The van der Waals surface area contributed by atoms with Crippen LogP contribution >= 0.6 is 11.6 Å². The van der Waals surface area contributed by atoms with Crippen LogP contribution in [-0.2, 0) is 26.4 Å².